The molecule has 0 aliphatic carbocycles. The number of oxazole rings is 1. The van der Waals surface area contributed by atoms with Gasteiger partial charge in [0.2, 0.25) is 0 Å². The first-order valence-electron chi connectivity index (χ1n) is 4.50. The van der Waals surface area contributed by atoms with Crippen molar-refractivity contribution < 1.29 is 29.7 Å². The average Bonchev–Trinajstić information content (AvgIpc) is 2.87. The summed E-state index contributed by atoms with van der Waals surface area (Å²) in [6.07, 6.45) is 4.47. The standard InChI is InChI=1S/C8H6O4.C3H3NO.Na.H2O.H/c9-7(10)5-2-1-3-6(4-5)8(11)12;1-2-5-3-4-1;;;/h1-4H,(H,9,10)(H,11,12);1-3H;;1H2;. The molecular formula is C11H12NNaO6. The Kier molecular flexibility index (Phi) is 10.6. The maximum Gasteiger partial charge on any atom is 0.180 e. The summed E-state index contributed by atoms with van der Waals surface area (Å²) < 4.78 is 4.47. The normalized spacial score (nSPS) is 8.00. The summed E-state index contributed by atoms with van der Waals surface area (Å²) in [6.45, 7) is 0. The summed E-state index contributed by atoms with van der Waals surface area (Å²) in [6, 6.07) is 5.20. The van der Waals surface area contributed by atoms with Gasteiger partial charge in [0.05, 0.1) is 17.3 Å². The van der Waals surface area contributed by atoms with Crippen LogP contribution in [0.4, 0.5) is 0 Å². The smallest absolute Gasteiger partial charge is 0.180 e. The maximum absolute atomic E-state index is 10.4. The largest absolute Gasteiger partial charge is 0.452 e. The molecule has 2 aromatic rings. The van der Waals surface area contributed by atoms with Crippen molar-refractivity contribution in [3.63, 3.8) is 0 Å². The predicted octanol–water partition coefficient (Wildman–Crippen LogP) is 0.284. The van der Waals surface area contributed by atoms with Gasteiger partial charge in [-0.05, 0) is 18.2 Å². The average molecular weight is 277 g/mol. The molecule has 0 fully saturated rings. The van der Waals surface area contributed by atoms with E-state index in [2.05, 4.69) is 9.40 Å². The minimum atomic E-state index is -1.13. The van der Waals surface area contributed by atoms with Gasteiger partial charge in [0.25, 0.3) is 0 Å². The maximum atomic E-state index is 10.4. The van der Waals surface area contributed by atoms with E-state index in [9.17, 15) is 9.59 Å². The Hall–Kier alpha value is -1.67. The Balaban J connectivity index is 0. The van der Waals surface area contributed by atoms with E-state index in [1.807, 2.05) is 0 Å². The van der Waals surface area contributed by atoms with Gasteiger partial charge in [0.1, 0.15) is 6.26 Å². The molecule has 0 aliphatic rings. The predicted molar refractivity (Wildman–Crippen MR) is 67.6 cm³/mol. The Labute approximate surface area is 130 Å². The molecule has 0 atom stereocenters. The van der Waals surface area contributed by atoms with Crippen LogP contribution in [0, 0.1) is 0 Å². The van der Waals surface area contributed by atoms with Crippen LogP contribution < -0.4 is 0 Å². The van der Waals surface area contributed by atoms with Crippen molar-refractivity contribution in [2.45, 2.75) is 0 Å². The molecule has 0 unspecified atom stereocenters. The molecule has 0 saturated heterocycles. The van der Waals surface area contributed by atoms with Gasteiger partial charge < -0.3 is 20.1 Å². The van der Waals surface area contributed by atoms with Gasteiger partial charge >= 0.3 is 41.5 Å². The molecule has 7 nitrogen and oxygen atoms in total. The number of carboxylic acid groups (broad SMARTS) is 2. The number of nitrogens with zero attached hydrogens (tertiary/aromatic N) is 1. The molecule has 19 heavy (non-hydrogen) atoms. The molecule has 1 aromatic heterocycles. The Morgan fingerprint density at radius 1 is 1.11 bits per heavy atom. The summed E-state index contributed by atoms with van der Waals surface area (Å²) in [4.78, 5) is 24.3. The van der Waals surface area contributed by atoms with Crippen LogP contribution in [-0.4, -0.2) is 62.2 Å². The first kappa shape index (κ1) is 19.7. The third kappa shape index (κ3) is 7.37. The van der Waals surface area contributed by atoms with Crippen LogP contribution in [0.1, 0.15) is 20.7 Å². The number of carbonyl (C=O) groups is 2. The van der Waals surface area contributed by atoms with E-state index >= 15 is 0 Å². The summed E-state index contributed by atoms with van der Waals surface area (Å²) in [7, 11) is 0. The van der Waals surface area contributed by atoms with Crippen LogP contribution in [0.2, 0.25) is 0 Å². The fourth-order valence-corrected chi connectivity index (χ4v) is 0.961. The molecule has 1 heterocycles. The second-order valence-corrected chi connectivity index (χ2v) is 2.87. The number of hydrogen-bond acceptors (Lipinski definition) is 4. The molecule has 4 N–H and O–H groups in total. The van der Waals surface area contributed by atoms with E-state index < -0.39 is 11.9 Å². The first-order valence-corrected chi connectivity index (χ1v) is 4.50. The minimum Gasteiger partial charge on any atom is -0.452 e. The molecule has 0 amide bonds. The minimum absolute atomic E-state index is 0. The quantitative estimate of drug-likeness (QED) is 0.758. The number of benzene rings is 1. The van der Waals surface area contributed by atoms with Crippen molar-refractivity contribution in [1.82, 2.24) is 4.98 Å². The zero-order valence-electron chi connectivity index (χ0n) is 9.11. The zero-order chi connectivity index (χ0) is 12.7. The summed E-state index contributed by atoms with van der Waals surface area (Å²) >= 11 is 0. The van der Waals surface area contributed by atoms with Gasteiger partial charge in [-0.1, -0.05) is 6.07 Å². The van der Waals surface area contributed by atoms with Crippen molar-refractivity contribution in [2.24, 2.45) is 0 Å². The molecule has 0 saturated carbocycles. The third-order valence-electron chi connectivity index (χ3n) is 1.70. The van der Waals surface area contributed by atoms with E-state index in [0.29, 0.717) is 0 Å². The van der Waals surface area contributed by atoms with Crippen molar-refractivity contribution >= 4 is 41.5 Å². The van der Waals surface area contributed by atoms with Gasteiger partial charge in [-0.25, -0.2) is 14.6 Å². The fourth-order valence-electron chi connectivity index (χ4n) is 0.961. The Morgan fingerprint density at radius 3 is 1.89 bits per heavy atom. The number of rotatable bonds is 2. The number of aromatic carboxylic acids is 2. The van der Waals surface area contributed by atoms with Gasteiger partial charge in [-0.2, -0.15) is 0 Å². The molecular weight excluding hydrogens is 265 g/mol. The van der Waals surface area contributed by atoms with Crippen LogP contribution in [-0.2, 0) is 0 Å². The van der Waals surface area contributed by atoms with Crippen LogP contribution >= 0.6 is 0 Å². The van der Waals surface area contributed by atoms with Crippen LogP contribution in [0.3, 0.4) is 0 Å². The molecule has 98 valence electrons. The van der Waals surface area contributed by atoms with E-state index in [-0.39, 0.29) is 46.2 Å². The van der Waals surface area contributed by atoms with Crippen molar-refractivity contribution in [3.05, 3.63) is 54.2 Å². The fraction of sp³-hybridized carbons (Fsp3) is 0. The molecule has 8 heteroatoms. The number of aromatic nitrogens is 1. The van der Waals surface area contributed by atoms with E-state index in [0.717, 1.165) is 6.07 Å². The summed E-state index contributed by atoms with van der Waals surface area (Å²) in [5.74, 6) is -2.25. The topological polar surface area (TPSA) is 132 Å². The van der Waals surface area contributed by atoms with Crippen molar-refractivity contribution in [2.75, 3.05) is 0 Å². The van der Waals surface area contributed by atoms with Crippen LogP contribution in [0.15, 0.2) is 47.5 Å². The van der Waals surface area contributed by atoms with Gasteiger partial charge in [0.15, 0.2) is 6.39 Å². The van der Waals surface area contributed by atoms with E-state index in [1.165, 1.54) is 30.9 Å². The second kappa shape index (κ2) is 10.3. The molecule has 1 aromatic carbocycles. The van der Waals surface area contributed by atoms with Gasteiger partial charge in [-0.3, -0.25) is 0 Å². The SMILES string of the molecule is O.O=C(O)c1cccc(C(=O)O)c1.[NaH].c1cocn1. The van der Waals surface area contributed by atoms with E-state index in [1.54, 1.807) is 6.20 Å². The number of hydrogen-bond donors (Lipinski definition) is 2. The third-order valence-corrected chi connectivity index (χ3v) is 1.70. The number of carboxylic acids is 2. The summed E-state index contributed by atoms with van der Waals surface area (Å²) in [5.41, 5.74) is -0.0372. The van der Waals surface area contributed by atoms with Crippen LogP contribution in [0.25, 0.3) is 0 Å². The van der Waals surface area contributed by atoms with E-state index in [4.69, 9.17) is 10.2 Å². The molecule has 2 rings (SSSR count). The van der Waals surface area contributed by atoms with Gasteiger partial charge in [0, 0.05) is 0 Å². The first-order chi connectivity index (χ1) is 8.11. The molecule has 0 spiro atoms. The monoisotopic (exact) mass is 277 g/mol. The van der Waals surface area contributed by atoms with Gasteiger partial charge in [-0.15, -0.1) is 0 Å². The molecule has 0 bridgehead atoms. The second-order valence-electron chi connectivity index (χ2n) is 2.87. The Morgan fingerprint density at radius 2 is 1.63 bits per heavy atom. The Bertz CT molecular complexity index is 453. The van der Waals surface area contributed by atoms with Crippen molar-refractivity contribution in [1.29, 1.82) is 0 Å². The molecule has 0 aliphatic heterocycles. The molecule has 0 radical (unpaired) electrons. The summed E-state index contributed by atoms with van der Waals surface area (Å²) in [5, 5.41) is 17.0. The zero-order valence-corrected chi connectivity index (χ0v) is 9.11. The van der Waals surface area contributed by atoms with Crippen molar-refractivity contribution in [3.8, 4) is 0 Å². The van der Waals surface area contributed by atoms with Crippen LogP contribution in [0.5, 0.6) is 0 Å².